The Bertz CT molecular complexity index is 1290. The quantitative estimate of drug-likeness (QED) is 0.0262. The van der Waals surface area contributed by atoms with Gasteiger partial charge >= 0.3 is 17.9 Å². The molecule has 0 radical (unpaired) electrons. The van der Waals surface area contributed by atoms with Gasteiger partial charge in [0.05, 0.1) is 0 Å². The summed E-state index contributed by atoms with van der Waals surface area (Å²) in [6, 6.07) is 0. The Hall–Kier alpha value is -3.41. The summed E-state index contributed by atoms with van der Waals surface area (Å²) >= 11 is 0. The van der Waals surface area contributed by atoms with Crippen LogP contribution < -0.4 is 0 Å². The molecule has 66 heavy (non-hydrogen) atoms. The maximum absolute atomic E-state index is 12.8. The maximum Gasteiger partial charge on any atom is 0.306 e. The molecule has 1 unspecified atom stereocenters. The molecule has 0 spiro atoms. The molecule has 0 amide bonds. The molecule has 0 heterocycles. The predicted molar refractivity (Wildman–Crippen MR) is 284 cm³/mol. The van der Waals surface area contributed by atoms with Crippen LogP contribution in [-0.4, -0.2) is 37.2 Å². The van der Waals surface area contributed by atoms with Crippen molar-refractivity contribution in [2.45, 2.75) is 264 Å². The van der Waals surface area contributed by atoms with Crippen LogP contribution in [0.2, 0.25) is 0 Å². The fourth-order valence-corrected chi connectivity index (χ4v) is 7.59. The third-order valence-corrected chi connectivity index (χ3v) is 11.7. The van der Waals surface area contributed by atoms with Gasteiger partial charge in [0.25, 0.3) is 0 Å². The van der Waals surface area contributed by atoms with Crippen molar-refractivity contribution in [2.75, 3.05) is 13.2 Å². The first-order chi connectivity index (χ1) is 32.5. The van der Waals surface area contributed by atoms with Crippen molar-refractivity contribution in [3.8, 4) is 0 Å². The van der Waals surface area contributed by atoms with E-state index in [0.29, 0.717) is 19.3 Å². The molecule has 0 fully saturated rings. The molecule has 0 aliphatic heterocycles. The zero-order valence-corrected chi connectivity index (χ0v) is 43.2. The summed E-state index contributed by atoms with van der Waals surface area (Å²) < 4.78 is 16.7. The minimum atomic E-state index is -0.825. The highest BCUT2D eigenvalue weighted by molar-refractivity contribution is 5.71. The van der Waals surface area contributed by atoms with Crippen molar-refractivity contribution < 1.29 is 28.6 Å². The maximum atomic E-state index is 12.8. The predicted octanol–water partition coefficient (Wildman–Crippen LogP) is 18.4. The van der Waals surface area contributed by atoms with Crippen LogP contribution in [0.1, 0.15) is 258 Å². The van der Waals surface area contributed by atoms with E-state index < -0.39 is 12.1 Å². The number of rotatable bonds is 49. The Labute approximate surface area is 407 Å². The number of allylic oxidation sites excluding steroid dienone is 14. The van der Waals surface area contributed by atoms with Gasteiger partial charge in [0, 0.05) is 19.3 Å². The van der Waals surface area contributed by atoms with Gasteiger partial charge < -0.3 is 14.2 Å². The molecule has 0 aliphatic rings. The average Bonchev–Trinajstić information content (AvgIpc) is 3.31. The van der Waals surface area contributed by atoms with E-state index in [2.05, 4.69) is 93.7 Å². The monoisotopic (exact) mass is 919 g/mol. The lowest BCUT2D eigenvalue weighted by molar-refractivity contribution is -0.166. The zero-order chi connectivity index (χ0) is 47.9. The van der Waals surface area contributed by atoms with Crippen LogP contribution in [0.3, 0.4) is 0 Å². The molecule has 0 saturated heterocycles. The molecule has 0 N–H and O–H groups in total. The molecular formula is C60H102O6. The van der Waals surface area contributed by atoms with Gasteiger partial charge in [-0.2, -0.15) is 0 Å². The van der Waals surface area contributed by atoms with Crippen molar-refractivity contribution in [2.24, 2.45) is 0 Å². The molecule has 6 heteroatoms. The van der Waals surface area contributed by atoms with Gasteiger partial charge in [0.2, 0.25) is 0 Å². The fourth-order valence-electron chi connectivity index (χ4n) is 7.59. The average molecular weight is 919 g/mol. The van der Waals surface area contributed by atoms with Crippen molar-refractivity contribution in [3.63, 3.8) is 0 Å². The van der Waals surface area contributed by atoms with E-state index in [-0.39, 0.29) is 31.6 Å². The van der Waals surface area contributed by atoms with Crippen LogP contribution in [0.25, 0.3) is 0 Å². The van der Waals surface area contributed by atoms with Crippen LogP contribution in [-0.2, 0) is 28.6 Å². The molecular weight excluding hydrogens is 817 g/mol. The lowest BCUT2D eigenvalue weighted by atomic mass is 10.0. The third-order valence-electron chi connectivity index (χ3n) is 11.7. The second-order valence-electron chi connectivity index (χ2n) is 18.1. The van der Waals surface area contributed by atoms with E-state index in [1.54, 1.807) is 0 Å². The van der Waals surface area contributed by atoms with Gasteiger partial charge in [-0.15, -0.1) is 0 Å². The van der Waals surface area contributed by atoms with Gasteiger partial charge in [-0.3, -0.25) is 14.4 Å². The normalized spacial score (nSPS) is 12.7. The number of esters is 3. The smallest absolute Gasteiger partial charge is 0.306 e. The van der Waals surface area contributed by atoms with E-state index in [1.165, 1.54) is 122 Å². The van der Waals surface area contributed by atoms with Crippen LogP contribution in [0.15, 0.2) is 85.1 Å². The summed E-state index contributed by atoms with van der Waals surface area (Å²) in [6.07, 6.45) is 70.3. The molecule has 0 aromatic heterocycles. The van der Waals surface area contributed by atoms with E-state index in [9.17, 15) is 14.4 Å². The van der Waals surface area contributed by atoms with Gasteiger partial charge in [-0.25, -0.2) is 0 Å². The zero-order valence-electron chi connectivity index (χ0n) is 43.2. The first-order valence-corrected chi connectivity index (χ1v) is 27.6. The molecule has 0 aromatic rings. The molecule has 378 valence electrons. The van der Waals surface area contributed by atoms with Crippen molar-refractivity contribution in [3.05, 3.63) is 85.1 Å². The molecule has 0 aromatic carbocycles. The largest absolute Gasteiger partial charge is 0.462 e. The minimum absolute atomic E-state index is 0.113. The van der Waals surface area contributed by atoms with E-state index in [4.69, 9.17) is 14.2 Å². The third kappa shape index (κ3) is 51.6. The number of ether oxygens (including phenoxy) is 3. The van der Waals surface area contributed by atoms with Gasteiger partial charge in [-0.1, -0.05) is 247 Å². The topological polar surface area (TPSA) is 78.9 Å². The molecule has 6 nitrogen and oxygen atoms in total. The van der Waals surface area contributed by atoms with Gasteiger partial charge in [-0.05, 0) is 77.0 Å². The summed E-state index contributed by atoms with van der Waals surface area (Å²) in [6.45, 7) is 6.33. The Morgan fingerprint density at radius 1 is 0.318 bits per heavy atom. The highest BCUT2D eigenvalue weighted by Crippen LogP contribution is 2.16. The van der Waals surface area contributed by atoms with Crippen molar-refractivity contribution in [1.29, 1.82) is 0 Å². The summed E-state index contributed by atoms with van der Waals surface area (Å²) in [5.74, 6) is -1.02. The summed E-state index contributed by atoms with van der Waals surface area (Å²) in [5.41, 5.74) is 0. The first-order valence-electron chi connectivity index (χ1n) is 27.6. The second kappa shape index (κ2) is 54.2. The lowest BCUT2D eigenvalue weighted by Crippen LogP contribution is -2.30. The van der Waals surface area contributed by atoms with Crippen LogP contribution >= 0.6 is 0 Å². The SMILES string of the molecule is CC/C=C\C/C=C\C/C=C\C/C=C\CCC(=O)OC(COC(=O)CCCCC/C=C\C/C=C\C/C=C\CC)COC(=O)CCCCCCCCCCCCCCCCCCCCCCCC. The van der Waals surface area contributed by atoms with E-state index >= 15 is 0 Å². The fraction of sp³-hybridized carbons (Fsp3) is 0.717. The van der Waals surface area contributed by atoms with Crippen LogP contribution in [0.5, 0.6) is 0 Å². The first kappa shape index (κ1) is 62.6. The lowest BCUT2D eigenvalue weighted by Gasteiger charge is -2.18. The Morgan fingerprint density at radius 2 is 0.621 bits per heavy atom. The number of carbonyl (C=O) groups excluding carboxylic acids is 3. The number of hydrogen-bond donors (Lipinski definition) is 0. The Morgan fingerprint density at radius 3 is 0.985 bits per heavy atom. The van der Waals surface area contributed by atoms with E-state index in [0.717, 1.165) is 89.9 Å². The standard InChI is InChI=1S/C60H102O6/c1-4-7-10-13-16-19-22-25-26-27-28-29-30-31-32-33-36-38-41-44-47-50-53-59(62)65-56-57(66-60(63)54-51-48-45-42-39-35-24-21-18-15-12-9-6-3)55-64-58(61)52-49-46-43-40-37-34-23-20-17-14-11-8-5-2/h8-9,11-12,17-18,20-21,34-35,37,39,45,48,57H,4-7,10,13-16,19,22-33,36,38,40-44,46-47,49-56H2,1-3H3/b11-8-,12-9-,20-17-,21-18-,37-34-,39-35-,48-45-. The van der Waals surface area contributed by atoms with Crippen molar-refractivity contribution in [1.82, 2.24) is 0 Å². The highest BCUT2D eigenvalue weighted by Gasteiger charge is 2.19. The summed E-state index contributed by atoms with van der Waals surface area (Å²) in [7, 11) is 0. The van der Waals surface area contributed by atoms with Crippen LogP contribution in [0, 0.1) is 0 Å². The molecule has 0 rings (SSSR count). The summed E-state index contributed by atoms with van der Waals surface area (Å²) in [4.78, 5) is 38.0. The Balaban J connectivity index is 4.36. The number of unbranched alkanes of at least 4 members (excludes halogenated alkanes) is 24. The molecule has 0 bridgehead atoms. The minimum Gasteiger partial charge on any atom is -0.462 e. The van der Waals surface area contributed by atoms with E-state index in [1.807, 2.05) is 12.2 Å². The van der Waals surface area contributed by atoms with Crippen LogP contribution in [0.4, 0.5) is 0 Å². The Kier molecular flexibility index (Phi) is 51.4. The summed E-state index contributed by atoms with van der Waals surface area (Å²) in [5, 5.41) is 0. The highest BCUT2D eigenvalue weighted by atomic mass is 16.6. The van der Waals surface area contributed by atoms with Gasteiger partial charge in [0.15, 0.2) is 6.10 Å². The second-order valence-corrected chi connectivity index (χ2v) is 18.1. The number of carbonyl (C=O) groups is 3. The van der Waals surface area contributed by atoms with Gasteiger partial charge in [0.1, 0.15) is 13.2 Å². The van der Waals surface area contributed by atoms with Crippen molar-refractivity contribution >= 4 is 17.9 Å². The molecule has 0 saturated carbocycles. The molecule has 1 atom stereocenters. The molecule has 0 aliphatic carbocycles. The number of hydrogen-bond acceptors (Lipinski definition) is 6.